The number of hydrogen-bond donors (Lipinski definition) is 3. The molecule has 4 rings (SSSR count). The molecule has 0 fully saturated rings. The number of anilines is 2. The van der Waals surface area contributed by atoms with Crippen molar-refractivity contribution in [3.8, 4) is 11.5 Å². The smallest absolute Gasteiger partial charge is 0.272 e. The number of hydrogen-bond acceptors (Lipinski definition) is 6. The van der Waals surface area contributed by atoms with E-state index in [-0.39, 0.29) is 11.6 Å². The molecule has 11 heteroatoms. The molecule has 0 bridgehead atoms. The van der Waals surface area contributed by atoms with Gasteiger partial charge in [0.15, 0.2) is 0 Å². The molecule has 1 atom stereocenters. The van der Waals surface area contributed by atoms with Crippen LogP contribution in [0, 0.1) is 5.82 Å². The monoisotopic (exact) mass is 647 g/mol. The van der Waals surface area contributed by atoms with Gasteiger partial charge in [0.05, 0.1) is 30.2 Å². The quantitative estimate of drug-likeness (QED) is 0.109. The van der Waals surface area contributed by atoms with Crippen molar-refractivity contribution < 1.29 is 28.2 Å². The summed E-state index contributed by atoms with van der Waals surface area (Å²) in [5, 5.41) is 8.19. The fourth-order valence-electron chi connectivity index (χ4n) is 4.17. The van der Waals surface area contributed by atoms with E-state index in [2.05, 4.69) is 16.0 Å². The molecular formula is C34H31ClFN3O5S. The Morgan fingerprint density at radius 2 is 1.60 bits per heavy atom. The number of halogens is 2. The molecule has 4 aromatic rings. The Labute approximate surface area is 270 Å². The van der Waals surface area contributed by atoms with Gasteiger partial charge in [-0.25, -0.2) is 4.39 Å². The zero-order valence-electron chi connectivity index (χ0n) is 24.7. The van der Waals surface area contributed by atoms with Gasteiger partial charge in [0.2, 0.25) is 5.91 Å². The molecule has 0 aliphatic carbocycles. The zero-order chi connectivity index (χ0) is 32.3. The Morgan fingerprint density at radius 3 is 2.27 bits per heavy atom. The van der Waals surface area contributed by atoms with Crippen molar-refractivity contribution in [2.45, 2.75) is 23.5 Å². The van der Waals surface area contributed by atoms with Crippen LogP contribution in [0.5, 0.6) is 11.5 Å². The molecule has 0 saturated carbocycles. The topological polar surface area (TPSA) is 106 Å². The van der Waals surface area contributed by atoms with Crippen LogP contribution >= 0.6 is 23.4 Å². The van der Waals surface area contributed by atoms with Crippen molar-refractivity contribution in [3.63, 3.8) is 0 Å². The number of amides is 3. The third-order valence-corrected chi connectivity index (χ3v) is 8.13. The molecule has 3 amide bonds. The Kier molecular flexibility index (Phi) is 11.6. The highest BCUT2D eigenvalue weighted by Gasteiger charge is 2.21. The molecule has 45 heavy (non-hydrogen) atoms. The molecule has 232 valence electrons. The molecule has 0 saturated heterocycles. The Morgan fingerprint density at radius 1 is 0.889 bits per heavy atom. The number of nitrogens with one attached hydrogen (secondary N) is 3. The van der Waals surface area contributed by atoms with E-state index >= 15 is 0 Å². The van der Waals surface area contributed by atoms with E-state index in [0.29, 0.717) is 45.4 Å². The lowest BCUT2D eigenvalue weighted by Crippen LogP contribution is -2.30. The standard InChI is InChI=1S/C34H31ClFN3O5S/c1-4-31(34(42)38-27-19-26(35)29(43-2)20-30(27)44-3)45-25-12-8-11-24(18-25)37-33(41)28(17-21-13-15-23(36)16-14-21)39-32(40)22-9-6-5-7-10-22/h5-20,31H,4H2,1-3H3,(H,37,41)(H,38,42)(H,39,40)/b28-17+. The van der Waals surface area contributed by atoms with Crippen LogP contribution in [0.2, 0.25) is 5.02 Å². The first-order chi connectivity index (χ1) is 21.7. The van der Waals surface area contributed by atoms with E-state index in [0.717, 1.165) is 4.90 Å². The Hall–Kier alpha value is -4.80. The van der Waals surface area contributed by atoms with E-state index < -0.39 is 22.9 Å². The normalized spacial score (nSPS) is 11.7. The van der Waals surface area contributed by atoms with Gasteiger partial charge < -0.3 is 25.4 Å². The minimum atomic E-state index is -0.584. The second-order valence-corrected chi connectivity index (χ2v) is 11.3. The minimum absolute atomic E-state index is 0.0357. The molecule has 0 aromatic heterocycles. The summed E-state index contributed by atoms with van der Waals surface area (Å²) < 4.78 is 24.1. The van der Waals surface area contributed by atoms with Crippen LogP contribution in [-0.4, -0.2) is 37.2 Å². The third-order valence-electron chi connectivity index (χ3n) is 6.48. The van der Waals surface area contributed by atoms with E-state index in [1.54, 1.807) is 60.7 Å². The SMILES string of the molecule is CCC(Sc1cccc(NC(=O)/C(=C\c2ccc(F)cc2)NC(=O)c2ccccc2)c1)C(=O)Nc1cc(Cl)c(OC)cc1OC. The summed E-state index contributed by atoms with van der Waals surface area (Å²) in [5.41, 5.74) is 1.71. The van der Waals surface area contributed by atoms with Gasteiger partial charge in [0, 0.05) is 22.2 Å². The molecule has 0 radical (unpaired) electrons. The third kappa shape index (κ3) is 9.10. The second kappa shape index (κ2) is 15.8. The van der Waals surface area contributed by atoms with Gasteiger partial charge in [-0.05, 0) is 66.6 Å². The fraction of sp³-hybridized carbons (Fsp3) is 0.147. The van der Waals surface area contributed by atoms with Crippen LogP contribution in [-0.2, 0) is 9.59 Å². The molecule has 8 nitrogen and oxygen atoms in total. The van der Waals surface area contributed by atoms with E-state index in [9.17, 15) is 18.8 Å². The van der Waals surface area contributed by atoms with E-state index in [1.165, 1.54) is 56.3 Å². The van der Waals surface area contributed by atoms with Gasteiger partial charge in [-0.1, -0.05) is 54.9 Å². The van der Waals surface area contributed by atoms with Gasteiger partial charge in [0.25, 0.3) is 11.8 Å². The molecule has 3 N–H and O–H groups in total. The predicted octanol–water partition coefficient (Wildman–Crippen LogP) is 7.42. The maximum Gasteiger partial charge on any atom is 0.272 e. The average Bonchev–Trinajstić information content (AvgIpc) is 3.05. The number of methoxy groups -OCH3 is 2. The number of thioether (sulfide) groups is 1. The number of benzene rings is 4. The number of carbonyl (C=O) groups is 3. The summed E-state index contributed by atoms with van der Waals surface area (Å²) in [6, 6.07) is 24.2. The molecule has 0 heterocycles. The van der Waals surface area contributed by atoms with Gasteiger partial charge in [0.1, 0.15) is 23.0 Å². The lowest BCUT2D eigenvalue weighted by Gasteiger charge is -2.18. The van der Waals surface area contributed by atoms with Crippen LogP contribution in [0.15, 0.2) is 102 Å². The van der Waals surface area contributed by atoms with Crippen molar-refractivity contribution in [3.05, 3.63) is 119 Å². The van der Waals surface area contributed by atoms with Crippen LogP contribution in [0.3, 0.4) is 0 Å². The Bertz CT molecular complexity index is 1700. The number of rotatable bonds is 12. The van der Waals surface area contributed by atoms with Gasteiger partial charge >= 0.3 is 0 Å². The minimum Gasteiger partial charge on any atom is -0.495 e. The van der Waals surface area contributed by atoms with Gasteiger partial charge in [-0.3, -0.25) is 14.4 Å². The first kappa shape index (κ1) is 33.1. The highest BCUT2D eigenvalue weighted by Crippen LogP contribution is 2.37. The van der Waals surface area contributed by atoms with Gasteiger partial charge in [-0.2, -0.15) is 0 Å². The first-order valence-electron chi connectivity index (χ1n) is 13.8. The predicted molar refractivity (Wildman–Crippen MR) is 176 cm³/mol. The summed E-state index contributed by atoms with van der Waals surface area (Å²) in [6.07, 6.45) is 1.97. The second-order valence-electron chi connectivity index (χ2n) is 9.60. The van der Waals surface area contributed by atoms with Crippen LogP contribution in [0.4, 0.5) is 15.8 Å². The van der Waals surface area contributed by atoms with Crippen molar-refractivity contribution in [2.24, 2.45) is 0 Å². The first-order valence-corrected chi connectivity index (χ1v) is 15.1. The number of ether oxygens (including phenoxy) is 2. The Balaban J connectivity index is 1.50. The summed E-state index contributed by atoms with van der Waals surface area (Å²) in [5.74, 6) is -0.925. The van der Waals surface area contributed by atoms with Crippen molar-refractivity contribution in [1.29, 1.82) is 0 Å². The number of carbonyl (C=O) groups excluding carboxylic acids is 3. The molecular weight excluding hydrogens is 617 g/mol. The van der Waals surface area contributed by atoms with Crippen molar-refractivity contribution in [2.75, 3.05) is 24.9 Å². The summed E-state index contributed by atoms with van der Waals surface area (Å²) in [4.78, 5) is 40.3. The van der Waals surface area contributed by atoms with Crippen LogP contribution in [0.1, 0.15) is 29.3 Å². The van der Waals surface area contributed by atoms with E-state index in [1.807, 2.05) is 13.0 Å². The highest BCUT2D eigenvalue weighted by atomic mass is 35.5. The maximum atomic E-state index is 13.5. The maximum absolute atomic E-state index is 13.5. The summed E-state index contributed by atoms with van der Waals surface area (Å²) in [7, 11) is 2.97. The average molecular weight is 648 g/mol. The molecule has 0 spiro atoms. The van der Waals surface area contributed by atoms with Crippen LogP contribution in [0.25, 0.3) is 6.08 Å². The van der Waals surface area contributed by atoms with Gasteiger partial charge in [-0.15, -0.1) is 11.8 Å². The van der Waals surface area contributed by atoms with Crippen LogP contribution < -0.4 is 25.4 Å². The lowest BCUT2D eigenvalue weighted by atomic mass is 10.1. The van der Waals surface area contributed by atoms with Crippen molar-refractivity contribution in [1.82, 2.24) is 5.32 Å². The molecule has 1 unspecified atom stereocenters. The molecule has 0 aliphatic rings. The van der Waals surface area contributed by atoms with Crippen molar-refractivity contribution >= 4 is 58.5 Å². The largest absolute Gasteiger partial charge is 0.495 e. The summed E-state index contributed by atoms with van der Waals surface area (Å²) >= 11 is 7.58. The molecule has 0 aliphatic heterocycles. The lowest BCUT2D eigenvalue weighted by molar-refractivity contribution is -0.116. The molecule has 4 aromatic carbocycles. The van der Waals surface area contributed by atoms with E-state index in [4.69, 9.17) is 21.1 Å². The highest BCUT2D eigenvalue weighted by molar-refractivity contribution is 8.00. The zero-order valence-corrected chi connectivity index (χ0v) is 26.3. The summed E-state index contributed by atoms with van der Waals surface area (Å²) in [6.45, 7) is 1.89. The fourth-order valence-corrected chi connectivity index (χ4v) is 5.43.